The zero-order valence-electron chi connectivity index (χ0n) is 11.0. The van der Waals surface area contributed by atoms with E-state index >= 15 is 0 Å². The maximum Gasteiger partial charge on any atom is 0.213 e. The first-order valence-electron chi connectivity index (χ1n) is 6.89. The minimum Gasteiger partial charge on any atom is -0.478 e. The molecule has 4 nitrogen and oxygen atoms in total. The summed E-state index contributed by atoms with van der Waals surface area (Å²) >= 11 is 0. The Kier molecular flexibility index (Phi) is 5.42. The van der Waals surface area contributed by atoms with Gasteiger partial charge in [-0.15, -0.1) is 0 Å². The van der Waals surface area contributed by atoms with Crippen LogP contribution in [0.4, 0.5) is 0 Å². The second-order valence-corrected chi connectivity index (χ2v) is 4.79. The van der Waals surface area contributed by atoms with E-state index in [-0.39, 0.29) is 0 Å². The van der Waals surface area contributed by atoms with E-state index in [1.807, 2.05) is 12.1 Å². The monoisotopic (exact) mass is 249 g/mol. The van der Waals surface area contributed by atoms with Crippen molar-refractivity contribution in [2.45, 2.75) is 32.2 Å². The predicted octanol–water partition coefficient (Wildman–Crippen LogP) is 1.80. The lowest BCUT2D eigenvalue weighted by Gasteiger charge is -2.25. The molecule has 1 aromatic rings. The molecule has 100 valence electrons. The van der Waals surface area contributed by atoms with Crippen LogP contribution in [0.25, 0.3) is 0 Å². The molecule has 0 amide bonds. The van der Waals surface area contributed by atoms with E-state index in [0.29, 0.717) is 13.2 Å². The highest BCUT2D eigenvalue weighted by Crippen LogP contribution is 2.14. The Hall–Kier alpha value is -1.13. The van der Waals surface area contributed by atoms with Crippen LogP contribution in [0.1, 0.15) is 31.4 Å². The molecule has 0 saturated carbocycles. The first-order valence-corrected chi connectivity index (χ1v) is 6.89. The minimum absolute atomic E-state index is 0.649. The van der Waals surface area contributed by atoms with E-state index in [4.69, 9.17) is 10.5 Å². The molecule has 0 atom stereocenters. The summed E-state index contributed by atoms with van der Waals surface area (Å²) in [6.45, 7) is 4.64. The Bertz CT molecular complexity index is 351. The summed E-state index contributed by atoms with van der Waals surface area (Å²) in [5, 5.41) is 0. The fourth-order valence-corrected chi connectivity index (χ4v) is 2.23. The fourth-order valence-electron chi connectivity index (χ4n) is 2.23. The molecule has 2 N–H and O–H groups in total. The molecule has 2 rings (SSSR count). The van der Waals surface area contributed by atoms with Crippen LogP contribution < -0.4 is 10.5 Å². The van der Waals surface area contributed by atoms with Crippen LogP contribution in [0.3, 0.4) is 0 Å². The van der Waals surface area contributed by atoms with Crippen molar-refractivity contribution in [3.05, 3.63) is 23.9 Å². The van der Waals surface area contributed by atoms with E-state index in [9.17, 15) is 0 Å². The summed E-state index contributed by atoms with van der Waals surface area (Å²) in [7, 11) is 0. The number of pyridine rings is 1. The number of ether oxygens (including phenoxy) is 1. The van der Waals surface area contributed by atoms with Crippen LogP contribution in [-0.4, -0.2) is 36.1 Å². The Morgan fingerprint density at radius 1 is 1.22 bits per heavy atom. The topological polar surface area (TPSA) is 51.4 Å². The summed E-state index contributed by atoms with van der Waals surface area (Å²) in [6.07, 6.45) is 4.86. The highest BCUT2D eigenvalue weighted by Gasteiger charge is 2.11. The van der Waals surface area contributed by atoms with Gasteiger partial charge in [0.1, 0.15) is 0 Å². The van der Waals surface area contributed by atoms with Gasteiger partial charge in [-0.25, -0.2) is 4.98 Å². The van der Waals surface area contributed by atoms with E-state index < -0.39 is 0 Å². The molecule has 2 heterocycles. The number of rotatable bonds is 6. The molecule has 0 spiro atoms. The maximum atomic E-state index is 5.57. The number of likely N-dealkylation sites (tertiary alicyclic amines) is 1. The van der Waals surface area contributed by atoms with Crippen molar-refractivity contribution in [3.63, 3.8) is 0 Å². The zero-order valence-corrected chi connectivity index (χ0v) is 11.0. The maximum absolute atomic E-state index is 5.57. The molecule has 4 heteroatoms. The van der Waals surface area contributed by atoms with Crippen LogP contribution in [-0.2, 0) is 6.54 Å². The van der Waals surface area contributed by atoms with Crippen molar-refractivity contribution in [3.8, 4) is 5.88 Å². The molecule has 1 saturated heterocycles. The van der Waals surface area contributed by atoms with Gasteiger partial charge in [0.15, 0.2) is 0 Å². The van der Waals surface area contributed by atoms with Gasteiger partial charge in [0, 0.05) is 12.6 Å². The van der Waals surface area contributed by atoms with Gasteiger partial charge < -0.3 is 10.5 Å². The Morgan fingerprint density at radius 2 is 2.06 bits per heavy atom. The van der Waals surface area contributed by atoms with Gasteiger partial charge in [0.25, 0.3) is 0 Å². The van der Waals surface area contributed by atoms with Crippen LogP contribution in [0.5, 0.6) is 5.88 Å². The largest absolute Gasteiger partial charge is 0.478 e. The SMILES string of the molecule is NCCCOc1cccc(CN2CCCCC2)n1. The number of nitrogens with two attached hydrogens (primary N) is 1. The third-order valence-corrected chi connectivity index (χ3v) is 3.21. The highest BCUT2D eigenvalue weighted by atomic mass is 16.5. The number of nitrogens with zero attached hydrogens (tertiary/aromatic N) is 2. The molecule has 0 aliphatic carbocycles. The van der Waals surface area contributed by atoms with E-state index in [0.717, 1.165) is 24.5 Å². The van der Waals surface area contributed by atoms with Gasteiger partial charge in [0.05, 0.1) is 12.3 Å². The molecule has 0 bridgehead atoms. The first-order chi connectivity index (χ1) is 8.88. The van der Waals surface area contributed by atoms with E-state index in [2.05, 4.69) is 16.0 Å². The third kappa shape index (κ3) is 4.27. The van der Waals surface area contributed by atoms with Crippen LogP contribution in [0.2, 0.25) is 0 Å². The molecule has 0 radical (unpaired) electrons. The normalized spacial score (nSPS) is 16.7. The molecule has 1 aliphatic heterocycles. The third-order valence-electron chi connectivity index (χ3n) is 3.21. The van der Waals surface area contributed by atoms with Crippen molar-refractivity contribution in [1.29, 1.82) is 0 Å². The number of hydrogen-bond donors (Lipinski definition) is 1. The van der Waals surface area contributed by atoms with Crippen molar-refractivity contribution in [1.82, 2.24) is 9.88 Å². The summed E-state index contributed by atoms with van der Waals surface area (Å²) < 4.78 is 5.57. The van der Waals surface area contributed by atoms with Crippen LogP contribution in [0, 0.1) is 0 Å². The Balaban J connectivity index is 1.85. The first kappa shape index (κ1) is 13.3. The van der Waals surface area contributed by atoms with Gasteiger partial charge in [-0.2, -0.15) is 0 Å². The molecular weight excluding hydrogens is 226 g/mol. The summed E-state index contributed by atoms with van der Waals surface area (Å²) in [4.78, 5) is 7.00. The molecule has 1 aliphatic rings. The lowest BCUT2D eigenvalue weighted by Crippen LogP contribution is -2.29. The second kappa shape index (κ2) is 7.34. The molecular formula is C14H23N3O. The number of piperidine rings is 1. The molecule has 1 aromatic heterocycles. The van der Waals surface area contributed by atoms with Crippen molar-refractivity contribution >= 4 is 0 Å². The number of hydrogen-bond acceptors (Lipinski definition) is 4. The van der Waals surface area contributed by atoms with Crippen molar-refractivity contribution in [2.24, 2.45) is 5.73 Å². The van der Waals surface area contributed by atoms with Crippen LogP contribution in [0.15, 0.2) is 18.2 Å². The average molecular weight is 249 g/mol. The minimum atomic E-state index is 0.649. The van der Waals surface area contributed by atoms with E-state index in [1.54, 1.807) is 0 Å². The fraction of sp³-hybridized carbons (Fsp3) is 0.643. The van der Waals surface area contributed by atoms with Gasteiger partial charge in [-0.3, -0.25) is 4.90 Å². The smallest absolute Gasteiger partial charge is 0.213 e. The van der Waals surface area contributed by atoms with Gasteiger partial charge in [-0.05, 0) is 45.0 Å². The molecule has 18 heavy (non-hydrogen) atoms. The second-order valence-electron chi connectivity index (χ2n) is 4.79. The zero-order chi connectivity index (χ0) is 12.6. The lowest BCUT2D eigenvalue weighted by molar-refractivity contribution is 0.217. The van der Waals surface area contributed by atoms with Gasteiger partial charge in [0.2, 0.25) is 5.88 Å². The van der Waals surface area contributed by atoms with E-state index in [1.165, 1.54) is 32.4 Å². The summed E-state index contributed by atoms with van der Waals surface area (Å²) in [5.41, 5.74) is 6.54. The quantitative estimate of drug-likeness (QED) is 0.781. The molecule has 1 fully saturated rings. The van der Waals surface area contributed by atoms with Crippen molar-refractivity contribution in [2.75, 3.05) is 26.2 Å². The summed E-state index contributed by atoms with van der Waals surface area (Å²) in [5.74, 6) is 0.720. The lowest BCUT2D eigenvalue weighted by atomic mass is 10.1. The van der Waals surface area contributed by atoms with Gasteiger partial charge >= 0.3 is 0 Å². The number of aromatic nitrogens is 1. The predicted molar refractivity (Wildman–Crippen MR) is 72.5 cm³/mol. The van der Waals surface area contributed by atoms with Crippen molar-refractivity contribution < 1.29 is 4.74 Å². The average Bonchev–Trinajstić information content (AvgIpc) is 2.41. The van der Waals surface area contributed by atoms with Crippen LogP contribution >= 0.6 is 0 Å². The highest BCUT2D eigenvalue weighted by molar-refractivity contribution is 5.15. The Labute approximate surface area is 109 Å². The van der Waals surface area contributed by atoms with Gasteiger partial charge in [-0.1, -0.05) is 12.5 Å². The standard InChI is InChI=1S/C14H23N3O/c15-8-5-11-18-14-7-4-6-13(16-14)12-17-9-2-1-3-10-17/h4,6-7H,1-3,5,8-12,15H2. The Morgan fingerprint density at radius 3 is 2.83 bits per heavy atom. The summed E-state index contributed by atoms with van der Waals surface area (Å²) in [6, 6.07) is 6.00. The molecule has 0 aromatic carbocycles. The molecule has 0 unspecified atom stereocenters.